The summed E-state index contributed by atoms with van der Waals surface area (Å²) in [5.41, 5.74) is 13.8. The fourth-order valence-electron chi connectivity index (χ4n) is 4.33. The number of piperidine rings is 1. The average molecular weight is 529 g/mol. The van der Waals surface area contributed by atoms with Gasteiger partial charge in [0.25, 0.3) is 0 Å². The van der Waals surface area contributed by atoms with Crippen molar-refractivity contribution in [1.29, 1.82) is 0 Å². The van der Waals surface area contributed by atoms with Gasteiger partial charge in [0.05, 0.1) is 18.1 Å². The Morgan fingerprint density at radius 1 is 1.06 bits per heavy atom. The molecule has 10 heteroatoms. The standard InChI is InChI=1S/C26H36N6O2S2/c1-4-8-21-24(17(2)35-26-29-22(27)16-23(28)30-26)31-25(36-21)18-9-10-19(33-3)20(15-18)34-14-13-32-11-6-5-7-12-32/h9-10,15-17H,4-8,11-14H2,1-3H3,(H4,27,28,29,30)/t17-/m1/s1. The SMILES string of the molecule is CCCc1sc(-c2ccc(OC)c(OCCN3CCCCC3)c2)nc1[C@@H](C)Sc1nc(N)cc(N)n1. The monoisotopic (exact) mass is 528 g/mol. The van der Waals surface area contributed by atoms with Crippen LogP contribution in [0.4, 0.5) is 11.6 Å². The first-order valence-electron chi connectivity index (χ1n) is 12.6. The van der Waals surface area contributed by atoms with E-state index in [4.69, 9.17) is 25.9 Å². The number of methoxy groups -OCH3 is 1. The lowest BCUT2D eigenvalue weighted by Crippen LogP contribution is -2.33. The van der Waals surface area contributed by atoms with Gasteiger partial charge in [0.15, 0.2) is 16.7 Å². The van der Waals surface area contributed by atoms with E-state index in [9.17, 15) is 0 Å². The number of anilines is 2. The lowest BCUT2D eigenvalue weighted by Gasteiger charge is -2.26. The molecule has 1 aliphatic rings. The fraction of sp³-hybridized carbons (Fsp3) is 0.500. The van der Waals surface area contributed by atoms with Crippen LogP contribution >= 0.6 is 23.1 Å². The number of aryl methyl sites for hydroxylation is 1. The van der Waals surface area contributed by atoms with Crippen LogP contribution < -0.4 is 20.9 Å². The first kappa shape index (κ1) is 26.5. The number of nitrogens with zero attached hydrogens (tertiary/aromatic N) is 4. The number of rotatable bonds is 11. The van der Waals surface area contributed by atoms with Gasteiger partial charge in [-0.2, -0.15) is 0 Å². The molecule has 0 radical (unpaired) electrons. The van der Waals surface area contributed by atoms with E-state index < -0.39 is 0 Å². The summed E-state index contributed by atoms with van der Waals surface area (Å²) in [7, 11) is 1.68. The predicted octanol–water partition coefficient (Wildman–Crippen LogP) is 5.44. The largest absolute Gasteiger partial charge is 0.493 e. The van der Waals surface area contributed by atoms with Gasteiger partial charge in [0.1, 0.15) is 23.3 Å². The van der Waals surface area contributed by atoms with Gasteiger partial charge in [-0.05, 0) is 57.5 Å². The van der Waals surface area contributed by atoms with Crippen molar-refractivity contribution >= 4 is 34.7 Å². The van der Waals surface area contributed by atoms with Crippen molar-refractivity contribution in [2.45, 2.75) is 56.4 Å². The van der Waals surface area contributed by atoms with E-state index in [-0.39, 0.29) is 5.25 Å². The zero-order chi connectivity index (χ0) is 25.5. The van der Waals surface area contributed by atoms with Crippen molar-refractivity contribution in [2.24, 2.45) is 0 Å². The van der Waals surface area contributed by atoms with Crippen molar-refractivity contribution in [3.63, 3.8) is 0 Å². The maximum Gasteiger partial charge on any atom is 0.192 e. The lowest BCUT2D eigenvalue weighted by atomic mass is 10.1. The van der Waals surface area contributed by atoms with Gasteiger partial charge in [0.2, 0.25) is 0 Å². The molecule has 1 aromatic carbocycles. The van der Waals surface area contributed by atoms with Crippen molar-refractivity contribution in [3.05, 3.63) is 34.8 Å². The van der Waals surface area contributed by atoms with Crippen LogP contribution in [0.5, 0.6) is 11.5 Å². The molecular weight excluding hydrogens is 492 g/mol. The number of nitrogen functional groups attached to an aromatic ring is 2. The molecule has 36 heavy (non-hydrogen) atoms. The van der Waals surface area contributed by atoms with Gasteiger partial charge in [-0.3, -0.25) is 4.90 Å². The van der Waals surface area contributed by atoms with Crippen LogP contribution in [0.2, 0.25) is 0 Å². The molecule has 0 aliphatic carbocycles. The molecular formula is C26H36N6O2S2. The zero-order valence-corrected chi connectivity index (χ0v) is 23.0. The van der Waals surface area contributed by atoms with E-state index in [1.807, 2.05) is 18.2 Å². The van der Waals surface area contributed by atoms with Crippen LogP contribution in [0, 0.1) is 0 Å². The smallest absolute Gasteiger partial charge is 0.192 e. The number of thiazole rings is 1. The molecule has 3 aromatic rings. The van der Waals surface area contributed by atoms with Crippen molar-refractivity contribution in [1.82, 2.24) is 19.9 Å². The highest BCUT2D eigenvalue weighted by atomic mass is 32.2. The maximum atomic E-state index is 6.19. The quantitative estimate of drug-likeness (QED) is 0.248. The second kappa shape index (κ2) is 12.6. The van der Waals surface area contributed by atoms with Crippen LogP contribution in [-0.4, -0.2) is 53.2 Å². The van der Waals surface area contributed by atoms with E-state index in [1.165, 1.54) is 35.9 Å². The first-order chi connectivity index (χ1) is 17.5. The third-order valence-corrected chi connectivity index (χ3v) is 8.29. The molecule has 1 fully saturated rings. The van der Waals surface area contributed by atoms with Crippen LogP contribution in [0.15, 0.2) is 29.4 Å². The van der Waals surface area contributed by atoms with Gasteiger partial charge in [0, 0.05) is 23.1 Å². The lowest BCUT2D eigenvalue weighted by molar-refractivity contribution is 0.180. The van der Waals surface area contributed by atoms with Crippen LogP contribution in [0.3, 0.4) is 0 Å². The van der Waals surface area contributed by atoms with Crippen molar-refractivity contribution in [3.8, 4) is 22.1 Å². The third-order valence-electron chi connectivity index (χ3n) is 6.14. The Bertz CT molecular complexity index is 1130. The second-order valence-electron chi connectivity index (χ2n) is 8.95. The van der Waals surface area contributed by atoms with Gasteiger partial charge in [-0.15, -0.1) is 11.3 Å². The molecule has 4 rings (SSSR count). The number of ether oxygens (including phenoxy) is 2. The van der Waals surface area contributed by atoms with Gasteiger partial charge >= 0.3 is 0 Å². The Balaban J connectivity index is 1.53. The molecule has 2 aromatic heterocycles. The Labute approximate surface area is 221 Å². The third kappa shape index (κ3) is 6.80. The van der Waals surface area contributed by atoms with E-state index >= 15 is 0 Å². The summed E-state index contributed by atoms with van der Waals surface area (Å²) < 4.78 is 11.8. The van der Waals surface area contributed by atoms with E-state index in [0.29, 0.717) is 23.4 Å². The highest BCUT2D eigenvalue weighted by Gasteiger charge is 2.21. The second-order valence-corrected chi connectivity index (χ2v) is 11.3. The van der Waals surface area contributed by atoms with Crippen LogP contribution in [-0.2, 0) is 6.42 Å². The van der Waals surface area contributed by atoms with Crippen molar-refractivity contribution < 1.29 is 9.47 Å². The van der Waals surface area contributed by atoms with Gasteiger partial charge < -0.3 is 20.9 Å². The summed E-state index contributed by atoms with van der Waals surface area (Å²) in [5.74, 6) is 2.24. The molecule has 194 valence electrons. The van der Waals surface area contributed by atoms with E-state index in [1.54, 1.807) is 24.5 Å². The Kier molecular flexibility index (Phi) is 9.28. The number of hydrogen-bond acceptors (Lipinski definition) is 10. The number of thioether (sulfide) groups is 1. The minimum Gasteiger partial charge on any atom is -0.493 e. The Morgan fingerprint density at radius 3 is 2.50 bits per heavy atom. The van der Waals surface area contributed by atoms with E-state index in [2.05, 4.69) is 28.7 Å². The Morgan fingerprint density at radius 2 is 1.81 bits per heavy atom. The molecule has 1 atom stereocenters. The summed E-state index contributed by atoms with van der Waals surface area (Å²) in [5, 5.41) is 1.58. The van der Waals surface area contributed by atoms with Crippen molar-refractivity contribution in [2.75, 3.05) is 44.8 Å². The zero-order valence-electron chi connectivity index (χ0n) is 21.3. The minimum absolute atomic E-state index is 0.0521. The molecule has 1 saturated heterocycles. The molecule has 4 N–H and O–H groups in total. The average Bonchev–Trinajstić information content (AvgIpc) is 3.28. The van der Waals surface area contributed by atoms with Gasteiger partial charge in [-0.1, -0.05) is 31.5 Å². The molecule has 3 heterocycles. The number of hydrogen-bond donors (Lipinski definition) is 2. The number of likely N-dealkylation sites (tertiary alicyclic amines) is 1. The molecule has 1 aliphatic heterocycles. The first-order valence-corrected chi connectivity index (χ1v) is 14.3. The van der Waals surface area contributed by atoms with Gasteiger partial charge in [-0.25, -0.2) is 15.0 Å². The Hall–Kier alpha value is -2.56. The topological polar surface area (TPSA) is 112 Å². The number of nitrogens with two attached hydrogens (primary N) is 2. The molecule has 0 amide bonds. The normalized spacial score (nSPS) is 15.1. The number of aromatic nitrogens is 3. The molecule has 0 saturated carbocycles. The molecule has 8 nitrogen and oxygen atoms in total. The molecule has 0 bridgehead atoms. The summed E-state index contributed by atoms with van der Waals surface area (Å²) in [6, 6.07) is 7.63. The molecule has 0 spiro atoms. The number of benzene rings is 1. The fourth-order valence-corrected chi connectivity index (χ4v) is 6.60. The maximum absolute atomic E-state index is 6.19. The minimum atomic E-state index is 0.0521. The summed E-state index contributed by atoms with van der Waals surface area (Å²) in [6.07, 6.45) is 5.90. The van der Waals surface area contributed by atoms with Crippen LogP contribution in [0.1, 0.15) is 55.4 Å². The highest BCUT2D eigenvalue weighted by molar-refractivity contribution is 7.99. The summed E-state index contributed by atoms with van der Waals surface area (Å²) >= 11 is 3.25. The predicted molar refractivity (Wildman–Crippen MR) is 149 cm³/mol. The van der Waals surface area contributed by atoms with E-state index in [0.717, 1.165) is 60.2 Å². The summed E-state index contributed by atoms with van der Waals surface area (Å²) in [4.78, 5) is 17.5. The van der Waals surface area contributed by atoms with Crippen LogP contribution in [0.25, 0.3) is 10.6 Å². The summed E-state index contributed by atoms with van der Waals surface area (Å²) in [6.45, 7) is 8.19. The highest BCUT2D eigenvalue weighted by Crippen LogP contribution is 2.41. The molecule has 0 unspecified atom stereocenters.